The summed E-state index contributed by atoms with van der Waals surface area (Å²) in [5, 5.41) is 5.24. The fourth-order valence-corrected chi connectivity index (χ4v) is 2.37. The average molecular weight is 321 g/mol. The van der Waals surface area contributed by atoms with Crippen molar-refractivity contribution in [2.24, 2.45) is 0 Å². The standard InChI is InChI=1S/C17H21ClN2O2/c1-6-16(21)22-17-11(3)12(4)19-20(17)13(5)14-8-7-10(2)15(18)9-14/h7-9,13H,6H2,1-5H3. The Kier molecular flexibility index (Phi) is 4.91. The third-order valence-electron chi connectivity index (χ3n) is 3.87. The Bertz CT molecular complexity index is 707. The lowest BCUT2D eigenvalue weighted by Gasteiger charge is -2.17. The highest BCUT2D eigenvalue weighted by Gasteiger charge is 2.21. The number of ether oxygens (including phenoxy) is 1. The van der Waals surface area contributed by atoms with Gasteiger partial charge in [0.2, 0.25) is 5.88 Å². The molecule has 1 unspecified atom stereocenters. The first-order valence-corrected chi connectivity index (χ1v) is 7.75. The maximum atomic E-state index is 11.7. The second-order valence-electron chi connectivity index (χ2n) is 5.47. The van der Waals surface area contributed by atoms with E-state index in [-0.39, 0.29) is 12.0 Å². The molecule has 0 radical (unpaired) electrons. The molecule has 1 aromatic carbocycles. The molecule has 0 amide bonds. The quantitative estimate of drug-likeness (QED) is 0.785. The third-order valence-corrected chi connectivity index (χ3v) is 4.28. The molecule has 0 saturated heterocycles. The van der Waals surface area contributed by atoms with E-state index in [1.165, 1.54) is 0 Å². The van der Waals surface area contributed by atoms with Crippen molar-refractivity contribution < 1.29 is 9.53 Å². The number of halogens is 1. The lowest BCUT2D eigenvalue weighted by Crippen LogP contribution is -2.15. The Morgan fingerprint density at radius 2 is 2.05 bits per heavy atom. The summed E-state index contributed by atoms with van der Waals surface area (Å²) >= 11 is 6.21. The highest BCUT2D eigenvalue weighted by molar-refractivity contribution is 6.31. The van der Waals surface area contributed by atoms with Crippen LogP contribution < -0.4 is 4.74 Å². The van der Waals surface area contributed by atoms with Crippen molar-refractivity contribution in [3.05, 3.63) is 45.6 Å². The second-order valence-corrected chi connectivity index (χ2v) is 5.88. The maximum absolute atomic E-state index is 11.7. The largest absolute Gasteiger partial charge is 0.407 e. The minimum absolute atomic E-state index is 0.0786. The molecule has 5 heteroatoms. The van der Waals surface area contributed by atoms with Crippen LogP contribution in [0.3, 0.4) is 0 Å². The van der Waals surface area contributed by atoms with E-state index in [1.807, 2.05) is 45.9 Å². The van der Waals surface area contributed by atoms with E-state index in [2.05, 4.69) is 5.10 Å². The Balaban J connectivity index is 2.44. The van der Waals surface area contributed by atoms with Crippen molar-refractivity contribution in [1.29, 1.82) is 0 Å². The van der Waals surface area contributed by atoms with Gasteiger partial charge in [-0.3, -0.25) is 4.79 Å². The van der Waals surface area contributed by atoms with Gasteiger partial charge in [0, 0.05) is 17.0 Å². The molecule has 0 aliphatic rings. The molecule has 2 rings (SSSR count). The van der Waals surface area contributed by atoms with Gasteiger partial charge in [0.25, 0.3) is 0 Å². The van der Waals surface area contributed by atoms with Crippen LogP contribution in [0.5, 0.6) is 5.88 Å². The Morgan fingerprint density at radius 1 is 1.36 bits per heavy atom. The lowest BCUT2D eigenvalue weighted by molar-refractivity contribution is -0.134. The second kappa shape index (κ2) is 6.53. The normalized spacial score (nSPS) is 12.3. The SMILES string of the molecule is CCC(=O)Oc1c(C)c(C)nn1C(C)c1ccc(C)c(Cl)c1. The summed E-state index contributed by atoms with van der Waals surface area (Å²) < 4.78 is 7.22. The van der Waals surface area contributed by atoms with Crippen molar-refractivity contribution >= 4 is 17.6 Å². The fraction of sp³-hybridized carbons (Fsp3) is 0.412. The van der Waals surface area contributed by atoms with Gasteiger partial charge in [0.1, 0.15) is 0 Å². The number of esters is 1. The molecule has 2 aromatic rings. The molecule has 0 aliphatic carbocycles. The molecule has 22 heavy (non-hydrogen) atoms. The predicted octanol–water partition coefficient (Wildman–Crippen LogP) is 4.39. The molecular formula is C17H21ClN2O2. The number of benzene rings is 1. The number of rotatable bonds is 4. The van der Waals surface area contributed by atoms with Gasteiger partial charge < -0.3 is 4.74 Å². The molecular weight excluding hydrogens is 300 g/mol. The number of aryl methyl sites for hydroxylation is 2. The van der Waals surface area contributed by atoms with Gasteiger partial charge in [-0.2, -0.15) is 5.10 Å². The van der Waals surface area contributed by atoms with Crippen LogP contribution in [0.15, 0.2) is 18.2 Å². The van der Waals surface area contributed by atoms with Gasteiger partial charge >= 0.3 is 5.97 Å². The van der Waals surface area contributed by atoms with Crippen LogP contribution in [0.1, 0.15) is 48.7 Å². The smallest absolute Gasteiger partial charge is 0.312 e. The number of carbonyl (C=O) groups excluding carboxylic acids is 1. The fourth-order valence-electron chi connectivity index (χ4n) is 2.18. The van der Waals surface area contributed by atoms with Crippen LogP contribution in [0.2, 0.25) is 5.02 Å². The first-order chi connectivity index (χ1) is 10.3. The van der Waals surface area contributed by atoms with Crippen molar-refractivity contribution in [3.63, 3.8) is 0 Å². The highest BCUT2D eigenvalue weighted by atomic mass is 35.5. The summed E-state index contributed by atoms with van der Waals surface area (Å²) in [6.45, 7) is 9.56. The zero-order valence-corrected chi connectivity index (χ0v) is 14.4. The van der Waals surface area contributed by atoms with Crippen molar-refractivity contribution in [1.82, 2.24) is 9.78 Å². The molecule has 0 bridgehead atoms. The lowest BCUT2D eigenvalue weighted by atomic mass is 10.1. The molecule has 118 valence electrons. The summed E-state index contributed by atoms with van der Waals surface area (Å²) in [6, 6.07) is 5.85. The molecule has 1 aromatic heterocycles. The van der Waals surface area contributed by atoms with E-state index in [0.717, 1.165) is 27.4 Å². The molecule has 0 saturated carbocycles. The zero-order valence-electron chi connectivity index (χ0n) is 13.6. The molecule has 0 N–H and O–H groups in total. The van der Waals surface area contributed by atoms with Gasteiger partial charge in [-0.1, -0.05) is 30.7 Å². The van der Waals surface area contributed by atoms with Gasteiger partial charge in [0.05, 0.1) is 11.7 Å². The topological polar surface area (TPSA) is 44.1 Å². The van der Waals surface area contributed by atoms with Crippen molar-refractivity contribution in [2.45, 2.75) is 47.1 Å². The average Bonchev–Trinajstić information content (AvgIpc) is 2.77. The van der Waals surface area contributed by atoms with Crippen LogP contribution >= 0.6 is 11.6 Å². The van der Waals surface area contributed by atoms with Gasteiger partial charge in [0.15, 0.2) is 0 Å². The van der Waals surface area contributed by atoms with Crippen LogP contribution in [-0.2, 0) is 4.79 Å². The summed E-state index contributed by atoms with van der Waals surface area (Å²) in [4.78, 5) is 11.7. The number of hydrogen-bond acceptors (Lipinski definition) is 3. The molecule has 4 nitrogen and oxygen atoms in total. The van der Waals surface area contributed by atoms with Crippen LogP contribution in [0.4, 0.5) is 0 Å². The summed E-state index contributed by atoms with van der Waals surface area (Å²) in [6.07, 6.45) is 0.328. The predicted molar refractivity (Wildman–Crippen MR) is 87.6 cm³/mol. The molecule has 1 heterocycles. The minimum Gasteiger partial charge on any atom is -0.407 e. The van der Waals surface area contributed by atoms with E-state index in [4.69, 9.17) is 16.3 Å². The Labute approximate surface area is 136 Å². The van der Waals surface area contributed by atoms with Gasteiger partial charge in [-0.15, -0.1) is 0 Å². The van der Waals surface area contributed by atoms with E-state index < -0.39 is 0 Å². The molecule has 0 fully saturated rings. The monoisotopic (exact) mass is 320 g/mol. The zero-order chi connectivity index (χ0) is 16.4. The van der Waals surface area contributed by atoms with Gasteiger partial charge in [-0.05, 0) is 44.9 Å². The van der Waals surface area contributed by atoms with Gasteiger partial charge in [-0.25, -0.2) is 4.68 Å². The third kappa shape index (κ3) is 3.17. The van der Waals surface area contributed by atoms with E-state index in [9.17, 15) is 4.79 Å². The highest BCUT2D eigenvalue weighted by Crippen LogP contribution is 2.30. The summed E-state index contributed by atoms with van der Waals surface area (Å²) in [5.41, 5.74) is 3.78. The van der Waals surface area contributed by atoms with E-state index >= 15 is 0 Å². The number of hydrogen-bond donors (Lipinski definition) is 0. The maximum Gasteiger partial charge on any atom is 0.312 e. The van der Waals surface area contributed by atoms with E-state index in [0.29, 0.717) is 12.3 Å². The van der Waals surface area contributed by atoms with Crippen LogP contribution in [-0.4, -0.2) is 15.7 Å². The Hall–Kier alpha value is -1.81. The molecule has 0 aliphatic heterocycles. The van der Waals surface area contributed by atoms with Crippen LogP contribution in [0.25, 0.3) is 0 Å². The summed E-state index contributed by atoms with van der Waals surface area (Å²) in [7, 11) is 0. The number of aromatic nitrogens is 2. The Morgan fingerprint density at radius 3 is 2.64 bits per heavy atom. The molecule has 1 atom stereocenters. The minimum atomic E-state index is -0.265. The molecule has 0 spiro atoms. The first-order valence-electron chi connectivity index (χ1n) is 7.37. The number of nitrogens with zero attached hydrogens (tertiary/aromatic N) is 2. The van der Waals surface area contributed by atoms with Crippen molar-refractivity contribution in [3.8, 4) is 5.88 Å². The first kappa shape index (κ1) is 16.6. The van der Waals surface area contributed by atoms with Crippen LogP contribution in [0, 0.1) is 20.8 Å². The van der Waals surface area contributed by atoms with Crippen molar-refractivity contribution in [2.75, 3.05) is 0 Å². The number of carbonyl (C=O) groups is 1. The summed E-state index contributed by atoms with van der Waals surface area (Å²) in [5.74, 6) is 0.243. The van der Waals surface area contributed by atoms with E-state index in [1.54, 1.807) is 11.6 Å².